The molecule has 1 aromatic rings. The molecule has 1 fully saturated rings. The van der Waals surface area contributed by atoms with E-state index < -0.39 is 11.6 Å². The third-order valence-electron chi connectivity index (χ3n) is 3.30. The molecule has 0 atom stereocenters. The molecule has 0 amide bonds. The summed E-state index contributed by atoms with van der Waals surface area (Å²) in [6.45, 7) is 5.87. The van der Waals surface area contributed by atoms with Gasteiger partial charge in [0.05, 0.1) is 9.94 Å². The summed E-state index contributed by atoms with van der Waals surface area (Å²) in [6.07, 6.45) is 1.61. The summed E-state index contributed by atoms with van der Waals surface area (Å²) in [6, 6.07) is 1.57. The van der Waals surface area contributed by atoms with E-state index >= 15 is 0 Å². The number of halogens is 1. The van der Waals surface area contributed by atoms with Crippen molar-refractivity contribution >= 4 is 28.9 Å². The Bertz CT molecular complexity index is 504. The van der Waals surface area contributed by atoms with Gasteiger partial charge in [0.1, 0.15) is 11.9 Å². The van der Waals surface area contributed by atoms with Crippen LogP contribution in [0.2, 0.25) is 4.34 Å². The van der Waals surface area contributed by atoms with Gasteiger partial charge in [-0.2, -0.15) is 0 Å². The van der Waals surface area contributed by atoms with Crippen molar-refractivity contribution in [3.63, 3.8) is 0 Å². The van der Waals surface area contributed by atoms with Gasteiger partial charge in [0.25, 0.3) is 0 Å². The van der Waals surface area contributed by atoms with Crippen molar-refractivity contribution in [3.05, 3.63) is 15.3 Å². The molecule has 0 radical (unpaired) electrons. The lowest BCUT2D eigenvalue weighted by Gasteiger charge is -2.35. The lowest BCUT2D eigenvalue weighted by atomic mass is 10.0. The van der Waals surface area contributed by atoms with Crippen LogP contribution in [-0.4, -0.2) is 52.4 Å². The Kier molecular flexibility index (Phi) is 5.14. The normalized spacial score (nSPS) is 17.9. The Balaban J connectivity index is 1.91. The van der Waals surface area contributed by atoms with E-state index in [1.807, 2.05) is 0 Å². The van der Waals surface area contributed by atoms with Gasteiger partial charge in [0, 0.05) is 25.7 Å². The van der Waals surface area contributed by atoms with Gasteiger partial charge in [-0.1, -0.05) is 11.6 Å². The SMILES string of the molecule is CC(C)(O)CN1CCC(Oc2cc(Cl)sc2C(=O)O)CC1. The molecule has 2 heterocycles. The average Bonchev–Trinajstić information content (AvgIpc) is 2.71. The molecular formula is C14H20ClNO4S. The molecule has 0 saturated carbocycles. The highest BCUT2D eigenvalue weighted by Gasteiger charge is 2.26. The Morgan fingerprint density at radius 2 is 2.14 bits per heavy atom. The van der Waals surface area contributed by atoms with Gasteiger partial charge in [0.15, 0.2) is 4.88 Å². The monoisotopic (exact) mass is 333 g/mol. The molecule has 0 bridgehead atoms. The van der Waals surface area contributed by atoms with Crippen LogP contribution < -0.4 is 4.74 Å². The third kappa shape index (κ3) is 4.85. The molecule has 2 rings (SSSR count). The van der Waals surface area contributed by atoms with Crippen LogP contribution in [0.3, 0.4) is 0 Å². The Morgan fingerprint density at radius 3 is 2.67 bits per heavy atom. The first kappa shape index (κ1) is 16.5. The maximum absolute atomic E-state index is 11.1. The number of thiophene rings is 1. The van der Waals surface area contributed by atoms with E-state index in [2.05, 4.69) is 4.90 Å². The van der Waals surface area contributed by atoms with Gasteiger partial charge in [-0.3, -0.25) is 0 Å². The second-order valence-corrected chi connectivity index (χ2v) is 7.64. The summed E-state index contributed by atoms with van der Waals surface area (Å²) in [7, 11) is 0. The minimum Gasteiger partial charge on any atom is -0.488 e. The van der Waals surface area contributed by atoms with Gasteiger partial charge < -0.3 is 19.8 Å². The number of nitrogens with zero attached hydrogens (tertiary/aromatic N) is 1. The first-order valence-corrected chi connectivity index (χ1v) is 8.08. The fourth-order valence-electron chi connectivity index (χ4n) is 2.49. The van der Waals surface area contributed by atoms with Gasteiger partial charge in [0.2, 0.25) is 0 Å². The Morgan fingerprint density at radius 1 is 1.52 bits per heavy atom. The van der Waals surface area contributed by atoms with Crippen molar-refractivity contribution in [1.29, 1.82) is 0 Å². The van der Waals surface area contributed by atoms with Crippen LogP contribution in [-0.2, 0) is 0 Å². The van der Waals surface area contributed by atoms with Crippen molar-refractivity contribution in [2.24, 2.45) is 0 Å². The zero-order chi connectivity index (χ0) is 15.6. The van der Waals surface area contributed by atoms with Crippen LogP contribution in [0.15, 0.2) is 6.07 Å². The molecule has 5 nitrogen and oxygen atoms in total. The number of carboxylic acids is 1. The van der Waals surface area contributed by atoms with Crippen molar-refractivity contribution in [1.82, 2.24) is 4.90 Å². The zero-order valence-electron chi connectivity index (χ0n) is 12.1. The van der Waals surface area contributed by atoms with Gasteiger partial charge in [-0.05, 0) is 26.7 Å². The van der Waals surface area contributed by atoms with Crippen LogP contribution in [0.1, 0.15) is 36.4 Å². The molecule has 1 aromatic heterocycles. The van der Waals surface area contributed by atoms with Gasteiger partial charge in [-0.15, -0.1) is 11.3 Å². The fraction of sp³-hybridized carbons (Fsp3) is 0.643. The highest BCUT2D eigenvalue weighted by Crippen LogP contribution is 2.34. The fourth-order valence-corrected chi connectivity index (χ4v) is 3.48. The maximum atomic E-state index is 11.1. The third-order valence-corrected chi connectivity index (χ3v) is 4.53. The molecule has 118 valence electrons. The number of carboxylic acid groups (broad SMARTS) is 1. The van der Waals surface area contributed by atoms with Crippen LogP contribution in [0, 0.1) is 0 Å². The molecule has 0 aliphatic carbocycles. The summed E-state index contributed by atoms with van der Waals surface area (Å²) >= 11 is 6.88. The molecule has 7 heteroatoms. The van der Waals surface area contributed by atoms with E-state index in [9.17, 15) is 9.90 Å². The summed E-state index contributed by atoms with van der Waals surface area (Å²) < 4.78 is 6.22. The van der Waals surface area contributed by atoms with Gasteiger partial charge in [-0.25, -0.2) is 4.79 Å². The second kappa shape index (κ2) is 6.52. The van der Waals surface area contributed by atoms with E-state index in [0.29, 0.717) is 16.6 Å². The quantitative estimate of drug-likeness (QED) is 0.867. The minimum atomic E-state index is -1.01. The number of β-amino-alcohol motifs (C(OH)–C–C–N with tert-alkyl or cyclic N) is 1. The molecule has 0 spiro atoms. The number of hydrogen-bond acceptors (Lipinski definition) is 5. The number of piperidine rings is 1. The number of aromatic carboxylic acids is 1. The Hall–Kier alpha value is -0.820. The number of likely N-dealkylation sites (tertiary alicyclic amines) is 1. The minimum absolute atomic E-state index is 0.00757. The molecule has 1 saturated heterocycles. The number of aliphatic hydroxyl groups is 1. The lowest BCUT2D eigenvalue weighted by molar-refractivity contribution is 0.0138. The topological polar surface area (TPSA) is 70.0 Å². The number of carbonyl (C=O) groups is 1. The summed E-state index contributed by atoms with van der Waals surface area (Å²) in [4.78, 5) is 13.5. The maximum Gasteiger partial charge on any atom is 0.349 e. The molecule has 1 aliphatic rings. The van der Waals surface area contributed by atoms with Crippen LogP contribution in [0.4, 0.5) is 0 Å². The molecular weight excluding hydrogens is 314 g/mol. The summed E-state index contributed by atoms with van der Waals surface area (Å²) in [5.74, 6) is -0.653. The van der Waals surface area contributed by atoms with Crippen LogP contribution in [0.25, 0.3) is 0 Å². The number of hydrogen-bond donors (Lipinski definition) is 2. The van der Waals surface area contributed by atoms with E-state index in [4.69, 9.17) is 21.4 Å². The molecule has 2 N–H and O–H groups in total. The van der Waals surface area contributed by atoms with Gasteiger partial charge >= 0.3 is 5.97 Å². The highest BCUT2D eigenvalue weighted by molar-refractivity contribution is 7.18. The van der Waals surface area contributed by atoms with Crippen molar-refractivity contribution < 1.29 is 19.7 Å². The zero-order valence-corrected chi connectivity index (χ0v) is 13.7. The highest BCUT2D eigenvalue weighted by atomic mass is 35.5. The number of ether oxygens (including phenoxy) is 1. The van der Waals surface area contributed by atoms with E-state index in [0.717, 1.165) is 37.3 Å². The predicted molar refractivity (Wildman–Crippen MR) is 82.7 cm³/mol. The molecule has 1 aliphatic heterocycles. The second-order valence-electron chi connectivity index (χ2n) is 5.95. The molecule has 0 unspecified atom stereocenters. The van der Waals surface area contributed by atoms with E-state index in [1.165, 1.54) is 0 Å². The standard InChI is InChI=1S/C14H20ClNO4S/c1-14(2,19)8-16-5-3-9(4-6-16)20-10-7-11(15)21-12(10)13(17)18/h7,9,19H,3-6,8H2,1-2H3,(H,17,18). The first-order chi connectivity index (χ1) is 9.74. The van der Waals surface area contributed by atoms with Crippen LogP contribution >= 0.6 is 22.9 Å². The van der Waals surface area contributed by atoms with E-state index in [-0.39, 0.29) is 11.0 Å². The first-order valence-electron chi connectivity index (χ1n) is 6.88. The summed E-state index contributed by atoms with van der Waals surface area (Å²) in [5.41, 5.74) is -0.703. The summed E-state index contributed by atoms with van der Waals surface area (Å²) in [5, 5.41) is 18.9. The lowest BCUT2D eigenvalue weighted by Crippen LogP contribution is -2.45. The molecule has 0 aromatic carbocycles. The molecule has 21 heavy (non-hydrogen) atoms. The van der Waals surface area contributed by atoms with Crippen LogP contribution in [0.5, 0.6) is 5.75 Å². The van der Waals surface area contributed by atoms with Crippen molar-refractivity contribution in [3.8, 4) is 5.75 Å². The predicted octanol–water partition coefficient (Wildman–Crippen LogP) is 2.71. The van der Waals surface area contributed by atoms with Crippen molar-refractivity contribution in [2.45, 2.75) is 38.4 Å². The largest absolute Gasteiger partial charge is 0.488 e. The smallest absolute Gasteiger partial charge is 0.349 e. The van der Waals surface area contributed by atoms with E-state index in [1.54, 1.807) is 19.9 Å². The Labute approximate surface area is 133 Å². The number of rotatable bonds is 5. The average molecular weight is 334 g/mol. The van der Waals surface area contributed by atoms with Crippen molar-refractivity contribution in [2.75, 3.05) is 19.6 Å².